The molecule has 0 saturated carbocycles. The molecule has 1 amide bonds. The first-order valence-electron chi connectivity index (χ1n) is 5.37. The number of nitrogens with two attached hydrogens (primary N) is 1. The van der Waals surface area contributed by atoms with Crippen molar-refractivity contribution in [1.29, 1.82) is 0 Å². The van der Waals surface area contributed by atoms with Crippen LogP contribution in [-0.4, -0.2) is 16.1 Å². The Labute approximate surface area is 103 Å². The number of nitrogens with zero attached hydrogens (tertiary/aromatic N) is 1. The van der Waals surface area contributed by atoms with Gasteiger partial charge in [0.25, 0.3) is 5.91 Å². The summed E-state index contributed by atoms with van der Waals surface area (Å²) in [5, 5.41) is 9.45. The van der Waals surface area contributed by atoms with Crippen molar-refractivity contribution in [3.63, 3.8) is 0 Å². The summed E-state index contributed by atoms with van der Waals surface area (Å²) in [6.07, 6.45) is 0. The summed E-state index contributed by atoms with van der Waals surface area (Å²) in [5.41, 5.74) is 7.74. The highest BCUT2D eigenvalue weighted by Crippen LogP contribution is 2.18. The van der Waals surface area contributed by atoms with Crippen LogP contribution in [0.4, 0.5) is 15.8 Å². The molecule has 94 valence electrons. The number of anilines is 2. The molecule has 4 N–H and O–H groups in total. The van der Waals surface area contributed by atoms with Crippen LogP contribution in [0.2, 0.25) is 0 Å². The highest BCUT2D eigenvalue weighted by atomic mass is 19.1. The minimum absolute atomic E-state index is 0.0525. The molecule has 18 heavy (non-hydrogen) atoms. The lowest BCUT2D eigenvalue weighted by molar-refractivity contribution is 0.102. The van der Waals surface area contributed by atoms with Gasteiger partial charge in [-0.1, -0.05) is 0 Å². The van der Waals surface area contributed by atoms with Crippen LogP contribution in [-0.2, 0) is 0 Å². The third kappa shape index (κ3) is 2.17. The number of aryl methyl sites for hydroxylation is 2. The molecule has 1 heterocycles. The largest absolute Gasteiger partial charge is 0.396 e. The first kappa shape index (κ1) is 12.1. The minimum atomic E-state index is -0.540. The summed E-state index contributed by atoms with van der Waals surface area (Å²) in [6.45, 7) is 3.58. The molecule has 0 spiro atoms. The molecule has 0 radical (unpaired) electrons. The van der Waals surface area contributed by atoms with Crippen molar-refractivity contribution >= 4 is 17.3 Å². The number of rotatable bonds is 2. The number of hydrogen-bond acceptors (Lipinski definition) is 3. The van der Waals surface area contributed by atoms with Gasteiger partial charge in [0.2, 0.25) is 0 Å². The van der Waals surface area contributed by atoms with Crippen LogP contribution in [0.25, 0.3) is 0 Å². The van der Waals surface area contributed by atoms with Gasteiger partial charge in [0.05, 0.1) is 22.8 Å². The number of nitrogens with one attached hydrogen (secondary N) is 2. The van der Waals surface area contributed by atoms with Crippen molar-refractivity contribution in [3.05, 3.63) is 41.0 Å². The van der Waals surface area contributed by atoms with E-state index in [0.29, 0.717) is 16.9 Å². The third-order valence-corrected chi connectivity index (χ3v) is 2.62. The monoisotopic (exact) mass is 248 g/mol. The number of benzene rings is 1. The maximum atomic E-state index is 13.0. The molecule has 0 aliphatic heterocycles. The Morgan fingerprint density at radius 1 is 1.44 bits per heavy atom. The molecule has 2 aromatic rings. The summed E-state index contributed by atoms with van der Waals surface area (Å²) >= 11 is 0. The van der Waals surface area contributed by atoms with Gasteiger partial charge in [-0.15, -0.1) is 0 Å². The predicted molar refractivity (Wildman–Crippen MR) is 66.8 cm³/mol. The zero-order valence-electron chi connectivity index (χ0n) is 10.0. The van der Waals surface area contributed by atoms with Crippen molar-refractivity contribution in [2.45, 2.75) is 13.8 Å². The fourth-order valence-electron chi connectivity index (χ4n) is 1.61. The number of halogens is 1. The molecule has 0 fully saturated rings. The van der Waals surface area contributed by atoms with Crippen LogP contribution in [0.3, 0.4) is 0 Å². The van der Waals surface area contributed by atoms with E-state index in [0.717, 1.165) is 5.69 Å². The highest BCUT2D eigenvalue weighted by Gasteiger charge is 2.12. The Bertz CT molecular complexity index is 587. The zero-order chi connectivity index (χ0) is 13.3. The van der Waals surface area contributed by atoms with Crippen molar-refractivity contribution in [3.8, 4) is 0 Å². The van der Waals surface area contributed by atoms with Gasteiger partial charge in [0.1, 0.15) is 5.82 Å². The maximum absolute atomic E-state index is 13.0. The topological polar surface area (TPSA) is 83.8 Å². The normalized spacial score (nSPS) is 10.4. The van der Waals surface area contributed by atoms with Gasteiger partial charge < -0.3 is 11.1 Å². The van der Waals surface area contributed by atoms with Gasteiger partial charge in [-0.2, -0.15) is 5.10 Å². The van der Waals surface area contributed by atoms with Crippen molar-refractivity contribution in [1.82, 2.24) is 10.2 Å². The molecule has 1 aromatic carbocycles. The maximum Gasteiger partial charge on any atom is 0.255 e. The van der Waals surface area contributed by atoms with Gasteiger partial charge in [-0.3, -0.25) is 9.89 Å². The summed E-state index contributed by atoms with van der Waals surface area (Å²) in [4.78, 5) is 11.9. The fourth-order valence-corrected chi connectivity index (χ4v) is 1.61. The van der Waals surface area contributed by atoms with E-state index in [-0.39, 0.29) is 11.6 Å². The van der Waals surface area contributed by atoms with E-state index in [2.05, 4.69) is 15.5 Å². The summed E-state index contributed by atoms with van der Waals surface area (Å²) in [7, 11) is 0. The first-order valence-corrected chi connectivity index (χ1v) is 5.37. The second-order valence-corrected chi connectivity index (χ2v) is 4.00. The standard InChI is InChI=1S/C12H13FN4O/c1-6-11(7(2)17-16-6)15-12(18)8-3-4-9(13)10(14)5-8/h3-5H,14H2,1-2H3,(H,15,18)(H,16,17). The van der Waals surface area contributed by atoms with E-state index < -0.39 is 5.82 Å². The Morgan fingerprint density at radius 3 is 2.72 bits per heavy atom. The number of H-pyrrole nitrogens is 1. The number of amides is 1. The third-order valence-electron chi connectivity index (χ3n) is 2.62. The van der Waals surface area contributed by atoms with E-state index in [1.165, 1.54) is 18.2 Å². The van der Waals surface area contributed by atoms with Crippen molar-refractivity contribution in [2.24, 2.45) is 0 Å². The molecular weight excluding hydrogens is 235 g/mol. The zero-order valence-corrected chi connectivity index (χ0v) is 10.0. The van der Waals surface area contributed by atoms with Gasteiger partial charge in [0, 0.05) is 5.56 Å². The molecular formula is C12H13FN4O. The summed E-state index contributed by atoms with van der Waals surface area (Å²) in [6, 6.07) is 3.85. The van der Waals surface area contributed by atoms with E-state index in [1.54, 1.807) is 13.8 Å². The van der Waals surface area contributed by atoms with Crippen LogP contribution >= 0.6 is 0 Å². The average Bonchev–Trinajstić information content (AvgIpc) is 2.64. The SMILES string of the molecule is Cc1n[nH]c(C)c1NC(=O)c1ccc(F)c(N)c1. The average molecular weight is 248 g/mol. The molecule has 6 heteroatoms. The van der Waals surface area contributed by atoms with E-state index in [4.69, 9.17) is 5.73 Å². The lowest BCUT2D eigenvalue weighted by atomic mass is 10.1. The van der Waals surface area contributed by atoms with E-state index in [1.807, 2.05) is 0 Å². The van der Waals surface area contributed by atoms with E-state index in [9.17, 15) is 9.18 Å². The van der Waals surface area contributed by atoms with Gasteiger partial charge in [-0.05, 0) is 32.0 Å². The molecule has 2 rings (SSSR count). The number of aromatic nitrogens is 2. The van der Waals surface area contributed by atoms with Gasteiger partial charge in [-0.25, -0.2) is 4.39 Å². The molecule has 0 aliphatic rings. The van der Waals surface area contributed by atoms with Crippen molar-refractivity contribution < 1.29 is 9.18 Å². The lowest BCUT2D eigenvalue weighted by Crippen LogP contribution is -2.13. The molecule has 5 nitrogen and oxygen atoms in total. The quantitative estimate of drug-likeness (QED) is 0.711. The van der Waals surface area contributed by atoms with E-state index >= 15 is 0 Å². The molecule has 0 unspecified atom stereocenters. The van der Waals surface area contributed by atoms with Crippen LogP contribution in [0, 0.1) is 19.7 Å². The summed E-state index contributed by atoms with van der Waals surface area (Å²) < 4.78 is 13.0. The molecule has 1 aromatic heterocycles. The Hall–Kier alpha value is -2.37. The number of carbonyl (C=O) groups is 1. The number of nitrogen functional groups attached to an aromatic ring is 1. The molecule has 0 aliphatic carbocycles. The van der Waals surface area contributed by atoms with Crippen LogP contribution in [0.15, 0.2) is 18.2 Å². The van der Waals surface area contributed by atoms with Crippen LogP contribution in [0.5, 0.6) is 0 Å². The fraction of sp³-hybridized carbons (Fsp3) is 0.167. The minimum Gasteiger partial charge on any atom is -0.396 e. The van der Waals surface area contributed by atoms with Gasteiger partial charge in [0.15, 0.2) is 0 Å². The number of carbonyl (C=O) groups excluding carboxylic acids is 1. The highest BCUT2D eigenvalue weighted by molar-refractivity contribution is 6.05. The molecule has 0 atom stereocenters. The number of aromatic amines is 1. The van der Waals surface area contributed by atoms with Gasteiger partial charge >= 0.3 is 0 Å². The Morgan fingerprint density at radius 2 is 2.17 bits per heavy atom. The molecule has 0 bridgehead atoms. The predicted octanol–water partition coefficient (Wildman–Crippen LogP) is 2.00. The van der Waals surface area contributed by atoms with Crippen LogP contribution < -0.4 is 11.1 Å². The second-order valence-electron chi connectivity index (χ2n) is 4.00. The molecule has 0 saturated heterocycles. The summed E-state index contributed by atoms with van der Waals surface area (Å²) in [5.74, 6) is -0.892. The second kappa shape index (κ2) is 4.48. The Kier molecular flexibility index (Phi) is 3.01. The number of hydrogen-bond donors (Lipinski definition) is 3. The lowest BCUT2D eigenvalue weighted by Gasteiger charge is -2.06. The van der Waals surface area contributed by atoms with Crippen molar-refractivity contribution in [2.75, 3.05) is 11.1 Å². The Balaban J connectivity index is 2.25. The smallest absolute Gasteiger partial charge is 0.255 e. The van der Waals surface area contributed by atoms with Crippen LogP contribution in [0.1, 0.15) is 21.7 Å². The first-order chi connectivity index (χ1) is 8.49.